The third kappa shape index (κ3) is 3.14. The highest BCUT2D eigenvalue weighted by atomic mass is 16.2. The lowest BCUT2D eigenvalue weighted by atomic mass is 9.95. The van der Waals surface area contributed by atoms with Crippen LogP contribution in [-0.2, 0) is 17.8 Å². The van der Waals surface area contributed by atoms with E-state index in [1.54, 1.807) is 30.7 Å². The quantitative estimate of drug-likeness (QED) is 0.619. The van der Waals surface area contributed by atoms with Gasteiger partial charge in [0.15, 0.2) is 0 Å². The molecule has 0 fully saturated rings. The van der Waals surface area contributed by atoms with Gasteiger partial charge in [-0.3, -0.25) is 19.7 Å². The second kappa shape index (κ2) is 6.71. The van der Waals surface area contributed by atoms with Crippen LogP contribution in [-0.4, -0.2) is 43.0 Å². The summed E-state index contributed by atoms with van der Waals surface area (Å²) in [4.78, 5) is 36.9. The molecule has 2 amide bonds. The topological polar surface area (TPSA) is 126 Å². The molecule has 1 aliphatic rings. The molecule has 1 aromatic carbocycles. The number of H-pyrrole nitrogens is 1. The molecule has 9 nitrogen and oxygen atoms in total. The highest BCUT2D eigenvalue weighted by molar-refractivity contribution is 6.00. The summed E-state index contributed by atoms with van der Waals surface area (Å²) in [6.07, 6.45) is 5.13. The molecule has 0 bridgehead atoms. The number of hydrogen-bond acceptors (Lipinski definition) is 6. The van der Waals surface area contributed by atoms with Crippen molar-refractivity contribution >= 4 is 11.8 Å². The van der Waals surface area contributed by atoms with Gasteiger partial charge < -0.3 is 10.6 Å². The highest BCUT2D eigenvalue weighted by Crippen LogP contribution is 2.16. The third-order valence-corrected chi connectivity index (χ3v) is 4.06. The van der Waals surface area contributed by atoms with Crippen LogP contribution >= 0.6 is 0 Å². The molecule has 0 unspecified atom stereocenters. The summed E-state index contributed by atoms with van der Waals surface area (Å²) < 4.78 is 0. The molecule has 3 aromatic rings. The van der Waals surface area contributed by atoms with Crippen LogP contribution in [0.3, 0.4) is 0 Å². The maximum atomic E-state index is 12.4. The van der Waals surface area contributed by atoms with Crippen molar-refractivity contribution in [2.75, 3.05) is 0 Å². The number of rotatable bonds is 4. The number of amides is 2. The number of benzene rings is 1. The van der Waals surface area contributed by atoms with Gasteiger partial charge in [0.2, 0.25) is 11.7 Å². The van der Waals surface area contributed by atoms with E-state index in [-0.39, 0.29) is 18.4 Å². The van der Waals surface area contributed by atoms with Gasteiger partial charge in [0.25, 0.3) is 5.91 Å². The number of aromatic amines is 1. The Labute approximate surface area is 148 Å². The van der Waals surface area contributed by atoms with Crippen LogP contribution in [0.4, 0.5) is 0 Å². The molecule has 2 aromatic heterocycles. The minimum Gasteiger partial charge on any atom is -0.347 e. The van der Waals surface area contributed by atoms with Crippen molar-refractivity contribution in [3.05, 3.63) is 59.8 Å². The van der Waals surface area contributed by atoms with Gasteiger partial charge in [0, 0.05) is 24.4 Å². The molecule has 0 spiro atoms. The maximum absolute atomic E-state index is 12.4. The summed E-state index contributed by atoms with van der Waals surface area (Å²) in [5, 5.41) is 12.3. The monoisotopic (exact) mass is 349 g/mol. The van der Waals surface area contributed by atoms with E-state index in [1.165, 1.54) is 0 Å². The average molecular weight is 349 g/mol. The molecule has 3 N–H and O–H groups in total. The first-order valence-corrected chi connectivity index (χ1v) is 8.05. The van der Waals surface area contributed by atoms with Crippen molar-refractivity contribution in [3.63, 3.8) is 0 Å². The van der Waals surface area contributed by atoms with Crippen molar-refractivity contribution in [1.82, 2.24) is 35.8 Å². The summed E-state index contributed by atoms with van der Waals surface area (Å²) in [5.74, 6) is 0.380. The van der Waals surface area contributed by atoms with E-state index in [0.29, 0.717) is 29.3 Å². The van der Waals surface area contributed by atoms with Crippen LogP contribution in [0.2, 0.25) is 0 Å². The number of nitrogens with one attached hydrogen (secondary N) is 3. The summed E-state index contributed by atoms with van der Waals surface area (Å²) in [6.45, 7) is 0.167. The van der Waals surface area contributed by atoms with Gasteiger partial charge in [-0.1, -0.05) is 18.2 Å². The van der Waals surface area contributed by atoms with E-state index >= 15 is 0 Å². The Morgan fingerprint density at radius 2 is 2.15 bits per heavy atom. The second-order valence-corrected chi connectivity index (χ2v) is 5.80. The predicted octanol–water partition coefficient (Wildman–Crippen LogP) is 0.233. The molecule has 9 heteroatoms. The Bertz CT molecular complexity index is 955. The van der Waals surface area contributed by atoms with Crippen LogP contribution in [0.15, 0.2) is 42.9 Å². The molecule has 1 atom stereocenters. The zero-order chi connectivity index (χ0) is 17.9. The molecule has 26 heavy (non-hydrogen) atoms. The zero-order valence-electron chi connectivity index (χ0n) is 13.6. The molecule has 4 rings (SSSR count). The van der Waals surface area contributed by atoms with Crippen molar-refractivity contribution in [2.45, 2.75) is 19.0 Å². The third-order valence-electron chi connectivity index (χ3n) is 4.06. The average Bonchev–Trinajstić information content (AvgIpc) is 3.16. The second-order valence-electron chi connectivity index (χ2n) is 5.80. The first-order chi connectivity index (χ1) is 12.7. The lowest BCUT2D eigenvalue weighted by Crippen LogP contribution is -2.50. The number of fused-ring (bicyclic) bond motifs is 1. The SMILES string of the molecule is O=C1N[C@@H](C(=O)NCc2nc(-c3cnccn3)n[nH]2)Cc2ccccc21. The molecule has 1 aliphatic heterocycles. The number of carbonyl (C=O) groups excluding carboxylic acids is 2. The molecular weight excluding hydrogens is 334 g/mol. The molecule has 3 heterocycles. The normalized spacial score (nSPS) is 15.8. The Morgan fingerprint density at radius 1 is 1.27 bits per heavy atom. The lowest BCUT2D eigenvalue weighted by molar-refractivity contribution is -0.123. The molecule has 0 saturated heterocycles. The summed E-state index contributed by atoms with van der Waals surface area (Å²) in [6, 6.07) is 6.66. The first-order valence-electron chi connectivity index (χ1n) is 8.05. The standard InChI is InChI=1S/C17H15N7O2/c25-16-11-4-2-1-3-10(11)7-12(21-16)17(26)20-9-14-22-15(24-23-14)13-8-18-5-6-19-13/h1-6,8,12H,7,9H2,(H,20,26)(H,21,25)(H,22,23,24)/t12-/m1/s1. The number of aromatic nitrogens is 5. The van der Waals surface area contributed by atoms with Gasteiger partial charge in [-0.2, -0.15) is 5.10 Å². The summed E-state index contributed by atoms with van der Waals surface area (Å²) in [5.41, 5.74) is 2.01. The van der Waals surface area contributed by atoms with Crippen molar-refractivity contribution in [1.29, 1.82) is 0 Å². The minimum atomic E-state index is -0.611. The Morgan fingerprint density at radius 3 is 3.00 bits per heavy atom. The van der Waals surface area contributed by atoms with Gasteiger partial charge in [-0.25, -0.2) is 9.97 Å². The predicted molar refractivity (Wildman–Crippen MR) is 90.7 cm³/mol. The van der Waals surface area contributed by atoms with Gasteiger partial charge in [-0.15, -0.1) is 0 Å². The Kier molecular flexibility index (Phi) is 4.10. The molecular formula is C17H15N7O2. The smallest absolute Gasteiger partial charge is 0.252 e. The first kappa shape index (κ1) is 15.9. The molecule has 0 aliphatic carbocycles. The van der Waals surface area contributed by atoms with Crippen LogP contribution in [0.1, 0.15) is 21.7 Å². The van der Waals surface area contributed by atoms with E-state index in [2.05, 4.69) is 35.8 Å². The Balaban J connectivity index is 1.39. The number of carbonyl (C=O) groups is 2. The lowest BCUT2D eigenvalue weighted by Gasteiger charge is -2.24. The van der Waals surface area contributed by atoms with E-state index in [0.717, 1.165) is 5.56 Å². The van der Waals surface area contributed by atoms with Crippen molar-refractivity contribution in [2.24, 2.45) is 0 Å². The summed E-state index contributed by atoms with van der Waals surface area (Å²) in [7, 11) is 0. The fourth-order valence-corrected chi connectivity index (χ4v) is 2.78. The van der Waals surface area contributed by atoms with Crippen molar-refractivity contribution in [3.8, 4) is 11.5 Å². The van der Waals surface area contributed by atoms with Crippen LogP contribution < -0.4 is 10.6 Å². The van der Waals surface area contributed by atoms with E-state index in [9.17, 15) is 9.59 Å². The van der Waals surface area contributed by atoms with Crippen LogP contribution in [0, 0.1) is 0 Å². The van der Waals surface area contributed by atoms with E-state index in [4.69, 9.17) is 0 Å². The highest BCUT2D eigenvalue weighted by Gasteiger charge is 2.28. The largest absolute Gasteiger partial charge is 0.347 e. The van der Waals surface area contributed by atoms with Crippen LogP contribution in [0.25, 0.3) is 11.5 Å². The van der Waals surface area contributed by atoms with Crippen molar-refractivity contribution < 1.29 is 9.59 Å². The molecule has 0 saturated carbocycles. The number of hydrogen-bond donors (Lipinski definition) is 3. The molecule has 0 radical (unpaired) electrons. The van der Waals surface area contributed by atoms with Gasteiger partial charge in [-0.05, 0) is 11.6 Å². The zero-order valence-corrected chi connectivity index (χ0v) is 13.6. The maximum Gasteiger partial charge on any atom is 0.252 e. The fourth-order valence-electron chi connectivity index (χ4n) is 2.78. The fraction of sp³-hybridized carbons (Fsp3) is 0.176. The van der Waals surface area contributed by atoms with Gasteiger partial charge in [0.1, 0.15) is 17.6 Å². The Hall–Kier alpha value is -3.62. The summed E-state index contributed by atoms with van der Waals surface area (Å²) >= 11 is 0. The minimum absolute atomic E-state index is 0.167. The molecule has 130 valence electrons. The van der Waals surface area contributed by atoms with Crippen LogP contribution in [0.5, 0.6) is 0 Å². The van der Waals surface area contributed by atoms with E-state index in [1.807, 2.05) is 12.1 Å². The number of nitrogens with zero attached hydrogens (tertiary/aromatic N) is 4. The van der Waals surface area contributed by atoms with E-state index < -0.39 is 6.04 Å². The van der Waals surface area contributed by atoms with Gasteiger partial charge in [0.05, 0.1) is 12.7 Å². The van der Waals surface area contributed by atoms with Gasteiger partial charge >= 0.3 is 0 Å².